The fourth-order valence-electron chi connectivity index (χ4n) is 1.60. The van der Waals surface area contributed by atoms with E-state index in [0.29, 0.717) is 0 Å². The quantitative estimate of drug-likeness (QED) is 0.599. The number of methoxy groups -OCH3 is 2. The Morgan fingerprint density at radius 3 is 2.29 bits per heavy atom. The molecule has 0 bridgehead atoms. The fourth-order valence-corrected chi connectivity index (χ4v) is 1.60. The van der Waals surface area contributed by atoms with Crippen molar-refractivity contribution in [2.24, 2.45) is 5.73 Å². The summed E-state index contributed by atoms with van der Waals surface area (Å²) in [7, 11) is 2.74. The smallest absolute Gasteiger partial charge is 0.286 e. The third kappa shape index (κ3) is 4.32. The second-order valence-corrected chi connectivity index (χ2v) is 5.15. The molecule has 0 aromatic heterocycles. The second-order valence-electron chi connectivity index (χ2n) is 5.15. The molecule has 0 aliphatic rings. The number of ether oxygens (including phenoxy) is 2. The number of nitrogens with two attached hydrogens (primary N) is 1. The topological polar surface area (TPSA) is 117 Å². The molecular weight excluding hydrogens is 278 g/mol. The van der Waals surface area contributed by atoms with E-state index in [0.717, 1.165) is 6.07 Å². The third-order valence-electron chi connectivity index (χ3n) is 2.65. The average molecular weight is 297 g/mol. The summed E-state index contributed by atoms with van der Waals surface area (Å²) in [5.41, 5.74) is 4.67. The van der Waals surface area contributed by atoms with Crippen molar-refractivity contribution in [3.63, 3.8) is 0 Å². The molecule has 1 aromatic rings. The molecule has 0 spiro atoms. The molecule has 0 saturated heterocycles. The highest BCUT2D eigenvalue weighted by molar-refractivity contribution is 5.99. The van der Waals surface area contributed by atoms with Crippen molar-refractivity contribution in [1.82, 2.24) is 5.32 Å². The molecule has 8 nitrogen and oxygen atoms in total. The Bertz CT molecular complexity index is 551. The lowest BCUT2D eigenvalue weighted by molar-refractivity contribution is -0.385. The van der Waals surface area contributed by atoms with Gasteiger partial charge < -0.3 is 20.5 Å². The van der Waals surface area contributed by atoms with Gasteiger partial charge in [-0.15, -0.1) is 0 Å². The molecule has 1 amide bonds. The number of hydrogen-bond acceptors (Lipinski definition) is 6. The molecule has 21 heavy (non-hydrogen) atoms. The van der Waals surface area contributed by atoms with Crippen LogP contribution in [-0.2, 0) is 0 Å². The van der Waals surface area contributed by atoms with Gasteiger partial charge in [0.1, 0.15) is 5.56 Å². The first-order valence-corrected chi connectivity index (χ1v) is 6.17. The molecule has 0 fully saturated rings. The molecular formula is C13H19N3O5. The lowest BCUT2D eigenvalue weighted by atomic mass is 10.1. The van der Waals surface area contributed by atoms with Crippen molar-refractivity contribution in [2.45, 2.75) is 19.4 Å². The van der Waals surface area contributed by atoms with Gasteiger partial charge in [0.2, 0.25) is 0 Å². The Kier molecular flexibility index (Phi) is 5.09. The maximum atomic E-state index is 12.1. The number of amides is 1. The first-order chi connectivity index (χ1) is 9.69. The molecule has 0 aliphatic carbocycles. The molecule has 0 unspecified atom stereocenters. The molecule has 0 atom stereocenters. The van der Waals surface area contributed by atoms with Crippen LogP contribution in [0, 0.1) is 10.1 Å². The van der Waals surface area contributed by atoms with E-state index in [4.69, 9.17) is 15.2 Å². The zero-order chi connectivity index (χ0) is 16.2. The molecule has 0 heterocycles. The van der Waals surface area contributed by atoms with Gasteiger partial charge in [-0.25, -0.2) is 0 Å². The lowest BCUT2D eigenvalue weighted by Gasteiger charge is -2.19. The second kappa shape index (κ2) is 6.40. The van der Waals surface area contributed by atoms with E-state index in [1.807, 2.05) is 0 Å². The predicted octanol–water partition coefficient (Wildman–Crippen LogP) is 1.08. The molecule has 0 radical (unpaired) electrons. The first-order valence-electron chi connectivity index (χ1n) is 6.17. The first kappa shape index (κ1) is 16.7. The monoisotopic (exact) mass is 297 g/mol. The Balaban J connectivity index is 3.20. The van der Waals surface area contributed by atoms with Crippen LogP contribution in [0.1, 0.15) is 24.2 Å². The minimum Gasteiger partial charge on any atom is -0.493 e. The maximum absolute atomic E-state index is 12.1. The molecule has 8 heteroatoms. The van der Waals surface area contributed by atoms with Crippen LogP contribution in [0.5, 0.6) is 11.5 Å². The molecule has 116 valence electrons. The van der Waals surface area contributed by atoms with Crippen molar-refractivity contribution < 1.29 is 19.2 Å². The van der Waals surface area contributed by atoms with Gasteiger partial charge in [-0.3, -0.25) is 14.9 Å². The van der Waals surface area contributed by atoms with Crippen LogP contribution in [0.2, 0.25) is 0 Å². The number of nitro benzene ring substituents is 1. The number of hydrogen-bond donors (Lipinski definition) is 2. The Morgan fingerprint density at radius 1 is 1.33 bits per heavy atom. The highest BCUT2D eigenvalue weighted by Crippen LogP contribution is 2.34. The van der Waals surface area contributed by atoms with Gasteiger partial charge >= 0.3 is 0 Å². The standard InChI is InChI=1S/C13H19N3O5/c1-13(2,14)7-15-12(17)8-5-10(20-3)11(21-4)6-9(8)16(18)19/h5-6H,7,14H2,1-4H3,(H,15,17). The number of nitrogens with one attached hydrogen (secondary N) is 1. The van der Waals surface area contributed by atoms with Crippen LogP contribution in [0.25, 0.3) is 0 Å². The normalized spacial score (nSPS) is 10.9. The predicted molar refractivity (Wildman–Crippen MR) is 76.8 cm³/mol. The van der Waals surface area contributed by atoms with Crippen LogP contribution in [0.15, 0.2) is 12.1 Å². The summed E-state index contributed by atoms with van der Waals surface area (Å²) in [5.74, 6) is -0.179. The Labute approximate surface area is 122 Å². The van der Waals surface area contributed by atoms with Gasteiger partial charge in [0.15, 0.2) is 11.5 Å². The van der Waals surface area contributed by atoms with Gasteiger partial charge in [-0.2, -0.15) is 0 Å². The van der Waals surface area contributed by atoms with Gasteiger partial charge in [0.25, 0.3) is 11.6 Å². The largest absolute Gasteiger partial charge is 0.493 e. The number of carbonyl (C=O) groups is 1. The molecule has 0 saturated carbocycles. The van der Waals surface area contributed by atoms with E-state index < -0.39 is 16.4 Å². The summed E-state index contributed by atoms with van der Waals surface area (Å²) in [6.07, 6.45) is 0. The third-order valence-corrected chi connectivity index (χ3v) is 2.65. The zero-order valence-corrected chi connectivity index (χ0v) is 12.4. The Morgan fingerprint density at radius 2 is 1.86 bits per heavy atom. The summed E-state index contributed by atoms with van der Waals surface area (Å²) >= 11 is 0. The van der Waals surface area contributed by atoms with Crippen molar-refractivity contribution in [3.8, 4) is 11.5 Å². The molecule has 1 aromatic carbocycles. The number of nitro groups is 1. The molecule has 3 N–H and O–H groups in total. The van der Waals surface area contributed by atoms with Crippen molar-refractivity contribution in [2.75, 3.05) is 20.8 Å². The van der Waals surface area contributed by atoms with E-state index in [-0.39, 0.29) is 29.3 Å². The Hall–Kier alpha value is -2.35. The number of carbonyl (C=O) groups excluding carboxylic acids is 1. The summed E-state index contributed by atoms with van der Waals surface area (Å²) < 4.78 is 10.0. The van der Waals surface area contributed by atoms with Crippen molar-refractivity contribution >= 4 is 11.6 Å². The zero-order valence-electron chi connectivity index (χ0n) is 12.4. The van der Waals surface area contributed by atoms with Crippen LogP contribution in [0.3, 0.4) is 0 Å². The van der Waals surface area contributed by atoms with E-state index in [9.17, 15) is 14.9 Å². The van der Waals surface area contributed by atoms with Gasteiger partial charge in [0, 0.05) is 18.2 Å². The van der Waals surface area contributed by atoms with Gasteiger partial charge in [-0.1, -0.05) is 0 Å². The van der Waals surface area contributed by atoms with Gasteiger partial charge in [0.05, 0.1) is 25.2 Å². The van der Waals surface area contributed by atoms with E-state index in [1.165, 1.54) is 20.3 Å². The average Bonchev–Trinajstić information content (AvgIpc) is 2.42. The van der Waals surface area contributed by atoms with Crippen molar-refractivity contribution in [3.05, 3.63) is 27.8 Å². The highest BCUT2D eigenvalue weighted by atomic mass is 16.6. The number of benzene rings is 1. The molecule has 1 rings (SSSR count). The lowest BCUT2D eigenvalue weighted by Crippen LogP contribution is -2.45. The summed E-state index contributed by atoms with van der Waals surface area (Å²) in [6.45, 7) is 3.64. The van der Waals surface area contributed by atoms with E-state index in [2.05, 4.69) is 5.32 Å². The fraction of sp³-hybridized carbons (Fsp3) is 0.462. The summed E-state index contributed by atoms with van der Waals surface area (Å²) in [4.78, 5) is 22.6. The van der Waals surface area contributed by atoms with E-state index in [1.54, 1.807) is 13.8 Å². The minimum absolute atomic E-state index is 0.109. The van der Waals surface area contributed by atoms with Crippen molar-refractivity contribution in [1.29, 1.82) is 0 Å². The van der Waals surface area contributed by atoms with Gasteiger partial charge in [-0.05, 0) is 13.8 Å². The van der Waals surface area contributed by atoms with Crippen LogP contribution >= 0.6 is 0 Å². The van der Waals surface area contributed by atoms with E-state index >= 15 is 0 Å². The molecule has 0 aliphatic heterocycles. The SMILES string of the molecule is COc1cc(C(=O)NCC(C)(C)N)c([N+](=O)[O-])cc1OC. The van der Waals surface area contributed by atoms with Crippen LogP contribution < -0.4 is 20.5 Å². The minimum atomic E-state index is -0.648. The number of nitrogens with zero attached hydrogens (tertiary/aromatic N) is 1. The summed E-state index contributed by atoms with van der Waals surface area (Å²) in [6, 6.07) is 2.43. The van der Waals surface area contributed by atoms with Crippen LogP contribution in [-0.4, -0.2) is 37.1 Å². The number of rotatable bonds is 6. The van der Waals surface area contributed by atoms with Crippen LogP contribution in [0.4, 0.5) is 5.69 Å². The maximum Gasteiger partial charge on any atom is 0.286 e. The summed E-state index contributed by atoms with van der Waals surface area (Å²) in [5, 5.41) is 13.7. The highest BCUT2D eigenvalue weighted by Gasteiger charge is 2.25.